The van der Waals surface area contributed by atoms with Crippen LogP contribution in [0.15, 0.2) is 65.4 Å². The third kappa shape index (κ3) is 3.33. The molecule has 0 amide bonds. The molecule has 1 aromatic heterocycles. The number of hydrogen-bond acceptors (Lipinski definition) is 8. The van der Waals surface area contributed by atoms with Crippen LogP contribution < -0.4 is 5.73 Å². The van der Waals surface area contributed by atoms with E-state index in [1.165, 1.54) is 6.07 Å². The maximum absolute atomic E-state index is 11.3. The van der Waals surface area contributed by atoms with E-state index < -0.39 is 16.3 Å². The van der Waals surface area contributed by atoms with E-state index in [1.807, 2.05) is 36.4 Å². The lowest BCUT2D eigenvalue weighted by Gasteiger charge is -2.45. The summed E-state index contributed by atoms with van der Waals surface area (Å²) in [6, 6.07) is 19.1. The molecule has 1 aromatic carbocycles. The Morgan fingerprint density at radius 3 is 2.50 bits per heavy atom. The van der Waals surface area contributed by atoms with Gasteiger partial charge in [-0.05, 0) is 17.2 Å². The summed E-state index contributed by atoms with van der Waals surface area (Å²) in [7, 11) is 0. The van der Waals surface area contributed by atoms with Crippen LogP contribution in [0, 0.1) is 55.4 Å². The second kappa shape index (κ2) is 8.28. The summed E-state index contributed by atoms with van der Waals surface area (Å²) in [5.74, 6) is -1.11. The zero-order valence-electron chi connectivity index (χ0n) is 16.9. The second-order valence-electron chi connectivity index (χ2n) is 7.79. The molecule has 2 aromatic rings. The van der Waals surface area contributed by atoms with Gasteiger partial charge in [0.2, 0.25) is 0 Å². The first kappa shape index (κ1) is 21.3. The Bertz CT molecular complexity index is 1240. The van der Waals surface area contributed by atoms with Crippen molar-refractivity contribution in [3.8, 4) is 18.2 Å². The minimum atomic E-state index is -1.79. The van der Waals surface area contributed by atoms with Crippen molar-refractivity contribution < 1.29 is 4.92 Å². The number of nitrogens with two attached hydrogens (primary N) is 1. The number of allylic oxidation sites excluding steroid dienone is 2. The van der Waals surface area contributed by atoms with Gasteiger partial charge in [-0.2, -0.15) is 15.8 Å². The standard InChI is InChI=1S/C23H18N6O2S/c24-10-17-16-8-9-28(11-15-4-2-1-3-5-15)12-18(16)21(23(13-25,14-26)22(17)27)19-6-7-20(32-19)29(30)31/h1-8,18,21H,9,11-12,27H2. The van der Waals surface area contributed by atoms with Gasteiger partial charge in [-0.3, -0.25) is 15.0 Å². The summed E-state index contributed by atoms with van der Waals surface area (Å²) in [5.41, 5.74) is 6.40. The molecule has 2 atom stereocenters. The summed E-state index contributed by atoms with van der Waals surface area (Å²) in [6.07, 6.45) is 1.93. The Kier molecular flexibility index (Phi) is 5.50. The van der Waals surface area contributed by atoms with E-state index in [0.29, 0.717) is 30.1 Å². The first-order valence-electron chi connectivity index (χ1n) is 9.88. The van der Waals surface area contributed by atoms with Gasteiger partial charge < -0.3 is 5.73 Å². The lowest BCUT2D eigenvalue weighted by molar-refractivity contribution is -0.380. The molecule has 0 bridgehead atoms. The molecule has 8 nitrogen and oxygen atoms in total. The fraction of sp³-hybridized carbons (Fsp3) is 0.261. The smallest absolute Gasteiger partial charge is 0.324 e. The summed E-state index contributed by atoms with van der Waals surface area (Å²) < 4.78 is 0. The van der Waals surface area contributed by atoms with Crippen LogP contribution >= 0.6 is 11.3 Å². The molecule has 9 heteroatoms. The molecule has 1 aliphatic heterocycles. The quantitative estimate of drug-likeness (QED) is 0.563. The summed E-state index contributed by atoms with van der Waals surface area (Å²) >= 11 is 0.944. The molecule has 158 valence electrons. The summed E-state index contributed by atoms with van der Waals surface area (Å²) in [4.78, 5) is 13.5. The van der Waals surface area contributed by atoms with Crippen LogP contribution in [0.2, 0.25) is 0 Å². The Morgan fingerprint density at radius 1 is 1.19 bits per heavy atom. The van der Waals surface area contributed by atoms with Crippen molar-refractivity contribution in [3.05, 3.63) is 85.9 Å². The van der Waals surface area contributed by atoms with Crippen LogP contribution in [0.1, 0.15) is 16.4 Å². The Labute approximate surface area is 188 Å². The second-order valence-corrected chi connectivity index (χ2v) is 8.88. The predicted molar refractivity (Wildman–Crippen MR) is 117 cm³/mol. The number of nitro groups is 1. The van der Waals surface area contributed by atoms with Crippen LogP contribution in [0.4, 0.5) is 5.00 Å². The van der Waals surface area contributed by atoms with E-state index >= 15 is 0 Å². The molecule has 0 fully saturated rings. The molecule has 2 heterocycles. The van der Waals surface area contributed by atoms with E-state index in [2.05, 4.69) is 23.1 Å². The van der Waals surface area contributed by atoms with Crippen molar-refractivity contribution >= 4 is 16.3 Å². The number of hydrogen-bond donors (Lipinski definition) is 1. The van der Waals surface area contributed by atoms with Crippen molar-refractivity contribution in [1.29, 1.82) is 15.8 Å². The van der Waals surface area contributed by atoms with Gasteiger partial charge in [0.25, 0.3) is 0 Å². The molecule has 0 saturated heterocycles. The zero-order chi connectivity index (χ0) is 22.9. The first-order chi connectivity index (χ1) is 15.4. The monoisotopic (exact) mass is 442 g/mol. The number of nitriles is 3. The molecule has 32 heavy (non-hydrogen) atoms. The zero-order valence-corrected chi connectivity index (χ0v) is 17.7. The molecule has 4 rings (SSSR count). The third-order valence-corrected chi connectivity index (χ3v) is 7.21. The third-order valence-electron chi connectivity index (χ3n) is 6.09. The molecule has 0 saturated carbocycles. The van der Waals surface area contributed by atoms with E-state index in [1.54, 1.807) is 6.07 Å². The molecule has 0 radical (unpaired) electrons. The molecular weight excluding hydrogens is 424 g/mol. The number of benzene rings is 1. The van der Waals surface area contributed by atoms with E-state index in [-0.39, 0.29) is 22.2 Å². The maximum Gasteiger partial charge on any atom is 0.324 e. The average molecular weight is 443 g/mol. The highest BCUT2D eigenvalue weighted by atomic mass is 32.1. The number of rotatable bonds is 4. The van der Waals surface area contributed by atoms with E-state index in [0.717, 1.165) is 16.9 Å². The van der Waals surface area contributed by atoms with Crippen LogP contribution in [-0.2, 0) is 6.54 Å². The number of nitrogens with zero attached hydrogens (tertiary/aromatic N) is 5. The molecule has 2 aliphatic rings. The van der Waals surface area contributed by atoms with Gasteiger partial charge in [0, 0.05) is 42.4 Å². The fourth-order valence-corrected chi connectivity index (χ4v) is 5.68. The largest absolute Gasteiger partial charge is 0.399 e. The van der Waals surface area contributed by atoms with Crippen molar-refractivity contribution in [2.45, 2.75) is 12.5 Å². The van der Waals surface area contributed by atoms with E-state index in [9.17, 15) is 25.9 Å². The van der Waals surface area contributed by atoms with Gasteiger partial charge >= 0.3 is 5.00 Å². The highest BCUT2D eigenvalue weighted by Crippen LogP contribution is 2.55. The van der Waals surface area contributed by atoms with Gasteiger partial charge in [0.15, 0.2) is 5.41 Å². The first-order valence-corrected chi connectivity index (χ1v) is 10.7. The molecule has 2 N–H and O–H groups in total. The Hall–Kier alpha value is -3.97. The Balaban J connectivity index is 1.84. The van der Waals surface area contributed by atoms with Crippen LogP contribution in [0.3, 0.4) is 0 Å². The fourth-order valence-electron chi connectivity index (χ4n) is 4.62. The van der Waals surface area contributed by atoms with Gasteiger partial charge in [0.05, 0.1) is 28.3 Å². The van der Waals surface area contributed by atoms with Gasteiger partial charge in [-0.1, -0.05) is 47.7 Å². The summed E-state index contributed by atoms with van der Waals surface area (Å²) in [6.45, 7) is 1.73. The minimum Gasteiger partial charge on any atom is -0.399 e. The molecule has 1 aliphatic carbocycles. The van der Waals surface area contributed by atoms with Crippen molar-refractivity contribution in [3.63, 3.8) is 0 Å². The van der Waals surface area contributed by atoms with E-state index in [4.69, 9.17) is 5.73 Å². The molecular formula is C23H18N6O2S. The van der Waals surface area contributed by atoms with Gasteiger partial charge in [-0.25, -0.2) is 0 Å². The van der Waals surface area contributed by atoms with Crippen LogP contribution in [0.25, 0.3) is 0 Å². The van der Waals surface area contributed by atoms with Crippen LogP contribution in [0.5, 0.6) is 0 Å². The topological polar surface area (TPSA) is 144 Å². The normalized spacial score (nSPS) is 22.1. The lowest BCUT2D eigenvalue weighted by Crippen LogP contribution is -2.47. The number of thiophene rings is 1. The SMILES string of the molecule is N#CC1=C(N)C(C#N)(C#N)C(c2ccc([N+](=O)[O-])s2)C2CN(Cc3ccccc3)CC=C12. The van der Waals surface area contributed by atoms with Crippen molar-refractivity contribution in [2.24, 2.45) is 17.1 Å². The minimum absolute atomic E-state index is 0.0686. The summed E-state index contributed by atoms with van der Waals surface area (Å²) in [5, 5.41) is 41.2. The average Bonchev–Trinajstić information content (AvgIpc) is 3.29. The highest BCUT2D eigenvalue weighted by molar-refractivity contribution is 7.15. The van der Waals surface area contributed by atoms with Crippen molar-refractivity contribution in [1.82, 2.24) is 4.90 Å². The Morgan fingerprint density at radius 2 is 1.91 bits per heavy atom. The highest BCUT2D eigenvalue weighted by Gasteiger charge is 2.55. The van der Waals surface area contributed by atoms with Crippen molar-refractivity contribution in [2.75, 3.05) is 13.1 Å². The van der Waals surface area contributed by atoms with Crippen LogP contribution in [-0.4, -0.2) is 22.9 Å². The maximum atomic E-state index is 11.3. The number of fused-ring (bicyclic) bond motifs is 1. The molecule has 2 unspecified atom stereocenters. The van der Waals surface area contributed by atoms with Gasteiger partial charge in [-0.15, -0.1) is 0 Å². The molecule has 0 spiro atoms. The van der Waals surface area contributed by atoms with Gasteiger partial charge in [0.1, 0.15) is 6.07 Å². The lowest BCUT2D eigenvalue weighted by atomic mass is 9.59. The predicted octanol–water partition coefficient (Wildman–Crippen LogP) is 3.58.